The van der Waals surface area contributed by atoms with E-state index in [0.29, 0.717) is 32.6 Å². The van der Waals surface area contributed by atoms with Gasteiger partial charge in [0.05, 0.1) is 23.7 Å². The second-order valence-electron chi connectivity index (χ2n) is 9.85. The van der Waals surface area contributed by atoms with Crippen LogP contribution in [0.15, 0.2) is 82.6 Å². The SMILES string of the molecule is COc1ccc(NC(=O)Cn2c3c(sc2=O)C(c2ccccc2O)C2C(=O)N(c4ccc(C)cc4)C(=O)C2S3)cc1. The molecule has 0 spiro atoms. The second kappa shape index (κ2) is 10.6. The molecular weight excluding hydrogens is 562 g/mol. The zero-order valence-electron chi connectivity index (χ0n) is 22.1. The number of rotatable bonds is 6. The van der Waals surface area contributed by atoms with Crippen molar-refractivity contribution in [3.05, 3.63) is 98.5 Å². The molecule has 6 rings (SSSR count). The standard InChI is InChI=1S/C30H25N3O6S2/c1-16-7-11-18(12-8-16)33-27(36)24-23(20-5-3-4-6-21(20)34)26-29(40-25(24)28(33)37)32(30(38)41-26)15-22(35)31-17-9-13-19(39-2)14-10-17/h3-14,23-25,34H,15H2,1-2H3,(H,31,35). The summed E-state index contributed by atoms with van der Waals surface area (Å²) >= 11 is 2.06. The Bertz CT molecular complexity index is 1730. The second-order valence-corrected chi connectivity index (χ2v) is 12.0. The van der Waals surface area contributed by atoms with Crippen LogP contribution in [0.25, 0.3) is 0 Å². The normalized spacial score (nSPS) is 19.6. The van der Waals surface area contributed by atoms with Crippen LogP contribution in [0.3, 0.4) is 0 Å². The van der Waals surface area contributed by atoms with Gasteiger partial charge in [-0.15, -0.1) is 0 Å². The molecule has 3 heterocycles. The van der Waals surface area contributed by atoms with Crippen molar-refractivity contribution in [3.8, 4) is 11.5 Å². The number of para-hydroxylation sites is 1. The number of nitrogens with one attached hydrogen (secondary N) is 1. The van der Waals surface area contributed by atoms with E-state index in [0.717, 1.165) is 28.7 Å². The van der Waals surface area contributed by atoms with E-state index >= 15 is 0 Å². The lowest BCUT2D eigenvalue weighted by Crippen LogP contribution is -2.33. The van der Waals surface area contributed by atoms with Gasteiger partial charge in [-0.2, -0.15) is 0 Å². The van der Waals surface area contributed by atoms with Crippen molar-refractivity contribution in [3.63, 3.8) is 0 Å². The van der Waals surface area contributed by atoms with Gasteiger partial charge in [-0.05, 0) is 49.4 Å². The summed E-state index contributed by atoms with van der Waals surface area (Å²) in [5, 5.41) is 13.2. The molecule has 208 valence electrons. The zero-order chi connectivity index (χ0) is 28.8. The van der Waals surface area contributed by atoms with Crippen LogP contribution in [-0.2, 0) is 20.9 Å². The fraction of sp³-hybridized carbons (Fsp3) is 0.200. The number of thiazole rings is 1. The third-order valence-electron chi connectivity index (χ3n) is 7.29. The summed E-state index contributed by atoms with van der Waals surface area (Å²) < 4.78 is 6.50. The van der Waals surface area contributed by atoms with Crippen molar-refractivity contribution in [1.82, 2.24) is 4.57 Å². The monoisotopic (exact) mass is 587 g/mol. The molecular formula is C30H25N3O6S2. The molecule has 11 heteroatoms. The van der Waals surface area contributed by atoms with Gasteiger partial charge in [-0.1, -0.05) is 59.0 Å². The molecule has 2 aliphatic rings. The minimum absolute atomic E-state index is 0.0345. The molecule has 41 heavy (non-hydrogen) atoms. The number of methoxy groups -OCH3 is 1. The Balaban J connectivity index is 1.39. The molecule has 2 aliphatic heterocycles. The highest BCUT2D eigenvalue weighted by atomic mass is 32.2. The van der Waals surface area contributed by atoms with Gasteiger partial charge < -0.3 is 15.2 Å². The number of carbonyl (C=O) groups excluding carboxylic acids is 3. The van der Waals surface area contributed by atoms with E-state index in [2.05, 4.69) is 5.32 Å². The van der Waals surface area contributed by atoms with Gasteiger partial charge in [0.1, 0.15) is 23.3 Å². The quantitative estimate of drug-likeness (QED) is 0.322. The predicted octanol–water partition coefficient (Wildman–Crippen LogP) is 4.37. The van der Waals surface area contributed by atoms with Crippen LogP contribution < -0.4 is 19.8 Å². The number of hydrogen-bond acceptors (Lipinski definition) is 8. The molecule has 0 radical (unpaired) electrons. The lowest BCUT2D eigenvalue weighted by Gasteiger charge is -2.31. The van der Waals surface area contributed by atoms with Crippen molar-refractivity contribution >= 4 is 52.2 Å². The molecule has 0 saturated carbocycles. The molecule has 4 aromatic rings. The molecule has 3 unspecified atom stereocenters. The Hall–Kier alpha value is -4.35. The van der Waals surface area contributed by atoms with Crippen LogP contribution in [-0.4, -0.2) is 39.8 Å². The van der Waals surface area contributed by atoms with Crippen LogP contribution in [0, 0.1) is 12.8 Å². The molecule has 3 atom stereocenters. The van der Waals surface area contributed by atoms with Gasteiger partial charge in [0, 0.05) is 22.0 Å². The predicted molar refractivity (Wildman–Crippen MR) is 157 cm³/mol. The first-order chi connectivity index (χ1) is 19.8. The topological polar surface area (TPSA) is 118 Å². The fourth-order valence-corrected chi connectivity index (χ4v) is 8.07. The van der Waals surface area contributed by atoms with E-state index in [9.17, 15) is 24.3 Å². The number of ether oxygens (including phenoxy) is 1. The number of benzene rings is 3. The number of nitrogens with zero attached hydrogens (tertiary/aromatic N) is 2. The summed E-state index contributed by atoms with van der Waals surface area (Å²) in [6.45, 7) is 1.64. The number of aryl methyl sites for hydroxylation is 1. The number of anilines is 2. The fourth-order valence-electron chi connectivity index (χ4n) is 5.31. The number of fused-ring (bicyclic) bond motifs is 2. The van der Waals surface area contributed by atoms with Crippen LogP contribution in [0.5, 0.6) is 11.5 Å². The number of thioether (sulfide) groups is 1. The first-order valence-electron chi connectivity index (χ1n) is 12.8. The number of phenolic OH excluding ortho intramolecular Hbond substituents is 1. The van der Waals surface area contributed by atoms with Gasteiger partial charge in [0.15, 0.2) is 0 Å². The van der Waals surface area contributed by atoms with E-state index in [1.807, 2.05) is 19.1 Å². The molecule has 1 saturated heterocycles. The van der Waals surface area contributed by atoms with Crippen LogP contribution in [0.2, 0.25) is 0 Å². The van der Waals surface area contributed by atoms with Gasteiger partial charge >= 0.3 is 4.87 Å². The van der Waals surface area contributed by atoms with E-state index in [1.54, 1.807) is 61.7 Å². The molecule has 1 fully saturated rings. The van der Waals surface area contributed by atoms with Crippen molar-refractivity contribution < 1.29 is 24.2 Å². The van der Waals surface area contributed by atoms with Crippen molar-refractivity contribution in [2.45, 2.75) is 29.7 Å². The number of aromatic hydroxyl groups is 1. The zero-order valence-corrected chi connectivity index (χ0v) is 23.7. The van der Waals surface area contributed by atoms with Crippen molar-refractivity contribution in [1.29, 1.82) is 0 Å². The molecule has 0 aliphatic carbocycles. The third-order valence-corrected chi connectivity index (χ3v) is 9.89. The Labute approximate surface area is 243 Å². The van der Waals surface area contributed by atoms with Gasteiger partial charge in [0.25, 0.3) is 0 Å². The highest BCUT2D eigenvalue weighted by Gasteiger charge is 2.57. The van der Waals surface area contributed by atoms with Crippen molar-refractivity contribution in [2.24, 2.45) is 5.92 Å². The number of aromatic nitrogens is 1. The molecule has 9 nitrogen and oxygen atoms in total. The average molecular weight is 588 g/mol. The maximum Gasteiger partial charge on any atom is 0.308 e. The summed E-state index contributed by atoms with van der Waals surface area (Å²) in [5.41, 5.74) is 2.45. The summed E-state index contributed by atoms with van der Waals surface area (Å²) in [6, 6.07) is 20.6. The summed E-state index contributed by atoms with van der Waals surface area (Å²) in [7, 11) is 1.55. The smallest absolute Gasteiger partial charge is 0.308 e. The largest absolute Gasteiger partial charge is 0.508 e. The highest BCUT2D eigenvalue weighted by Crippen LogP contribution is 2.55. The van der Waals surface area contributed by atoms with Crippen LogP contribution in [0.1, 0.15) is 21.9 Å². The summed E-state index contributed by atoms with van der Waals surface area (Å²) in [4.78, 5) is 55.3. The molecule has 1 aromatic heterocycles. The highest BCUT2D eigenvalue weighted by molar-refractivity contribution is 8.00. The summed E-state index contributed by atoms with van der Waals surface area (Å²) in [5.74, 6) is -2.18. The van der Waals surface area contributed by atoms with Gasteiger partial charge in [0.2, 0.25) is 17.7 Å². The Kier molecular flexibility index (Phi) is 6.92. The van der Waals surface area contributed by atoms with E-state index in [-0.39, 0.29) is 23.1 Å². The van der Waals surface area contributed by atoms with Crippen LogP contribution in [0.4, 0.5) is 11.4 Å². The van der Waals surface area contributed by atoms with Gasteiger partial charge in [-0.25, -0.2) is 4.90 Å². The van der Waals surface area contributed by atoms with Gasteiger partial charge in [-0.3, -0.25) is 23.7 Å². The van der Waals surface area contributed by atoms with Crippen molar-refractivity contribution in [2.75, 3.05) is 17.3 Å². The molecule has 2 N–H and O–H groups in total. The number of amides is 3. The number of phenols is 1. The first-order valence-corrected chi connectivity index (χ1v) is 14.5. The minimum Gasteiger partial charge on any atom is -0.508 e. The Morgan fingerprint density at radius 2 is 1.68 bits per heavy atom. The Morgan fingerprint density at radius 1 is 0.976 bits per heavy atom. The van der Waals surface area contributed by atoms with E-state index in [4.69, 9.17) is 4.74 Å². The number of hydrogen-bond donors (Lipinski definition) is 2. The molecule has 3 amide bonds. The minimum atomic E-state index is -0.842. The third kappa shape index (κ3) is 4.70. The molecule has 3 aromatic carbocycles. The maximum absolute atomic E-state index is 13.9. The Morgan fingerprint density at radius 3 is 2.37 bits per heavy atom. The summed E-state index contributed by atoms with van der Waals surface area (Å²) in [6.07, 6.45) is 0. The average Bonchev–Trinajstić information content (AvgIpc) is 3.40. The molecule has 0 bridgehead atoms. The van der Waals surface area contributed by atoms with E-state index < -0.39 is 28.9 Å². The lowest BCUT2D eigenvalue weighted by atomic mass is 9.82. The van der Waals surface area contributed by atoms with E-state index in [1.165, 1.54) is 15.5 Å². The first kappa shape index (κ1) is 26.9. The van der Waals surface area contributed by atoms with Crippen LogP contribution >= 0.6 is 23.1 Å². The number of carbonyl (C=O) groups is 3. The number of imide groups is 1. The maximum atomic E-state index is 13.9. The lowest BCUT2D eigenvalue weighted by molar-refractivity contribution is -0.122.